The van der Waals surface area contributed by atoms with E-state index >= 15 is 0 Å². The third-order valence-electron chi connectivity index (χ3n) is 6.24. The Balaban J connectivity index is 1.43. The summed E-state index contributed by atoms with van der Waals surface area (Å²) in [6, 6.07) is 22.0. The highest BCUT2D eigenvalue weighted by molar-refractivity contribution is 5.97. The Morgan fingerprint density at radius 1 is 1.05 bits per heavy atom. The second kappa shape index (κ2) is 10.2. The maximum absolute atomic E-state index is 12.4. The van der Waals surface area contributed by atoms with Gasteiger partial charge < -0.3 is 24.3 Å². The predicted octanol–water partition coefficient (Wildman–Crippen LogP) is 5.24. The van der Waals surface area contributed by atoms with E-state index in [9.17, 15) is 4.79 Å². The van der Waals surface area contributed by atoms with Gasteiger partial charge in [-0.3, -0.25) is 4.79 Å². The molecule has 1 atom stereocenters. The average Bonchev–Trinajstić information content (AvgIpc) is 3.30. The summed E-state index contributed by atoms with van der Waals surface area (Å²) >= 11 is 0. The summed E-state index contributed by atoms with van der Waals surface area (Å²) in [6.07, 6.45) is 2.96. The molecule has 0 spiro atoms. The first-order valence-electron chi connectivity index (χ1n) is 12.0. The van der Waals surface area contributed by atoms with Gasteiger partial charge in [-0.2, -0.15) is 0 Å². The third kappa shape index (κ3) is 5.04. The zero-order valence-electron chi connectivity index (χ0n) is 21.3. The Labute approximate surface area is 215 Å². The van der Waals surface area contributed by atoms with Gasteiger partial charge in [0.05, 0.1) is 18.0 Å². The van der Waals surface area contributed by atoms with Gasteiger partial charge in [-0.15, -0.1) is 0 Å². The number of hydrogen-bond donors (Lipinski definition) is 1. The molecule has 3 aromatic carbocycles. The number of carbonyl (C=O) groups excluding carboxylic acids is 1. The smallest absolute Gasteiger partial charge is 0.262 e. The number of aromatic nitrogens is 3. The molecule has 0 fully saturated rings. The maximum Gasteiger partial charge on any atom is 0.262 e. The minimum Gasteiger partial charge on any atom is -0.497 e. The predicted molar refractivity (Wildman–Crippen MR) is 146 cm³/mol. The SMILES string of the molecule is COc1cccc(Cn2ccc3cc(Nc4ncnc5cccc(O[C@H](C)C(=O)N(C)C)c45)ccc32)c1. The van der Waals surface area contributed by atoms with Gasteiger partial charge in [0.15, 0.2) is 6.10 Å². The van der Waals surface area contributed by atoms with Crippen LogP contribution in [0.25, 0.3) is 21.8 Å². The van der Waals surface area contributed by atoms with Crippen LogP contribution in [0.2, 0.25) is 0 Å². The van der Waals surface area contributed by atoms with Crippen LogP contribution in [0.4, 0.5) is 11.5 Å². The molecule has 188 valence electrons. The summed E-state index contributed by atoms with van der Waals surface area (Å²) in [5.41, 5.74) is 3.91. The van der Waals surface area contributed by atoms with Gasteiger partial charge in [0.2, 0.25) is 0 Å². The molecule has 5 aromatic rings. The number of likely N-dealkylation sites (N-methyl/N-ethyl adjacent to an activating group) is 1. The Kier molecular flexibility index (Phi) is 6.64. The van der Waals surface area contributed by atoms with Gasteiger partial charge >= 0.3 is 0 Å². The molecule has 0 aliphatic heterocycles. The summed E-state index contributed by atoms with van der Waals surface area (Å²) in [5, 5.41) is 5.25. The van der Waals surface area contributed by atoms with Crippen molar-refractivity contribution in [1.29, 1.82) is 0 Å². The van der Waals surface area contributed by atoms with Crippen LogP contribution in [0.3, 0.4) is 0 Å². The summed E-state index contributed by atoms with van der Waals surface area (Å²) < 4.78 is 13.6. The van der Waals surface area contributed by atoms with Crippen molar-refractivity contribution in [3.63, 3.8) is 0 Å². The van der Waals surface area contributed by atoms with Crippen LogP contribution in [0.15, 0.2) is 79.3 Å². The van der Waals surface area contributed by atoms with Crippen molar-refractivity contribution in [1.82, 2.24) is 19.4 Å². The van der Waals surface area contributed by atoms with E-state index < -0.39 is 6.10 Å². The van der Waals surface area contributed by atoms with Crippen LogP contribution in [-0.4, -0.2) is 52.7 Å². The largest absolute Gasteiger partial charge is 0.497 e. The van der Waals surface area contributed by atoms with Crippen LogP contribution >= 0.6 is 0 Å². The second-order valence-electron chi connectivity index (χ2n) is 9.06. The molecular weight excluding hydrogens is 466 g/mol. The molecule has 0 bridgehead atoms. The highest BCUT2D eigenvalue weighted by Crippen LogP contribution is 2.33. The van der Waals surface area contributed by atoms with Gasteiger partial charge in [0.1, 0.15) is 23.6 Å². The number of methoxy groups -OCH3 is 1. The minimum atomic E-state index is -0.644. The van der Waals surface area contributed by atoms with E-state index in [2.05, 4.69) is 56.4 Å². The second-order valence-corrected chi connectivity index (χ2v) is 9.06. The van der Waals surface area contributed by atoms with Crippen molar-refractivity contribution in [2.75, 3.05) is 26.5 Å². The lowest BCUT2D eigenvalue weighted by Gasteiger charge is -2.20. The molecule has 37 heavy (non-hydrogen) atoms. The average molecular weight is 496 g/mol. The summed E-state index contributed by atoms with van der Waals surface area (Å²) in [7, 11) is 5.10. The van der Waals surface area contributed by atoms with E-state index in [0.717, 1.165) is 39.8 Å². The molecule has 1 N–H and O–H groups in total. The minimum absolute atomic E-state index is 0.118. The molecule has 8 heteroatoms. The number of hydrogen-bond acceptors (Lipinski definition) is 6. The number of ether oxygens (including phenoxy) is 2. The molecule has 0 aliphatic rings. The Hall–Kier alpha value is -4.59. The number of amides is 1. The van der Waals surface area contributed by atoms with Crippen LogP contribution in [0.5, 0.6) is 11.5 Å². The van der Waals surface area contributed by atoms with E-state index in [1.165, 1.54) is 16.8 Å². The number of rotatable bonds is 8. The van der Waals surface area contributed by atoms with Crippen molar-refractivity contribution in [3.8, 4) is 11.5 Å². The standard InChI is InChI=1S/C29H29N5O3/c1-19(29(35)33(2)3)37-26-10-6-9-24-27(26)28(31-18-30-24)32-22-11-12-25-21(16-22)13-14-34(25)17-20-7-5-8-23(15-20)36-4/h5-16,18-19H,17H2,1-4H3,(H,30,31,32)/t19-/m1/s1. The Bertz CT molecular complexity index is 1570. The van der Waals surface area contributed by atoms with Gasteiger partial charge in [-0.1, -0.05) is 18.2 Å². The normalized spacial score (nSPS) is 11.9. The topological polar surface area (TPSA) is 81.5 Å². The molecule has 1 amide bonds. The van der Waals surface area contributed by atoms with Gasteiger partial charge in [-0.05, 0) is 61.0 Å². The number of nitrogens with one attached hydrogen (secondary N) is 1. The van der Waals surface area contributed by atoms with E-state index in [0.29, 0.717) is 11.6 Å². The third-order valence-corrected chi connectivity index (χ3v) is 6.24. The van der Waals surface area contributed by atoms with Crippen molar-refractivity contribution in [2.45, 2.75) is 19.6 Å². The van der Waals surface area contributed by atoms with E-state index in [1.807, 2.05) is 36.4 Å². The molecule has 8 nitrogen and oxygen atoms in total. The Morgan fingerprint density at radius 3 is 2.70 bits per heavy atom. The van der Waals surface area contributed by atoms with E-state index in [-0.39, 0.29) is 5.91 Å². The first kappa shape index (κ1) is 24.1. The van der Waals surface area contributed by atoms with E-state index in [4.69, 9.17) is 9.47 Å². The zero-order chi connectivity index (χ0) is 25.9. The molecule has 5 rings (SSSR count). The first-order chi connectivity index (χ1) is 17.9. The summed E-state index contributed by atoms with van der Waals surface area (Å²) in [5.74, 6) is 1.89. The number of nitrogens with zero attached hydrogens (tertiary/aromatic N) is 4. The van der Waals surface area contributed by atoms with Crippen LogP contribution in [0, 0.1) is 0 Å². The van der Waals surface area contributed by atoms with Crippen LogP contribution < -0.4 is 14.8 Å². The first-order valence-corrected chi connectivity index (χ1v) is 12.0. The molecule has 0 unspecified atom stereocenters. The number of carbonyl (C=O) groups is 1. The van der Waals surface area contributed by atoms with Gasteiger partial charge in [-0.25, -0.2) is 9.97 Å². The molecular formula is C29H29N5O3. The van der Waals surface area contributed by atoms with Crippen LogP contribution in [0.1, 0.15) is 12.5 Å². The molecule has 2 heterocycles. The van der Waals surface area contributed by atoms with Crippen molar-refractivity contribution >= 4 is 39.2 Å². The lowest BCUT2D eigenvalue weighted by Crippen LogP contribution is -2.35. The fourth-order valence-corrected chi connectivity index (χ4v) is 4.40. The quantitative estimate of drug-likeness (QED) is 0.317. The highest BCUT2D eigenvalue weighted by atomic mass is 16.5. The lowest BCUT2D eigenvalue weighted by molar-refractivity contribution is -0.135. The zero-order valence-corrected chi connectivity index (χ0v) is 21.3. The molecule has 0 radical (unpaired) electrons. The van der Waals surface area contributed by atoms with Crippen LogP contribution in [-0.2, 0) is 11.3 Å². The fraction of sp³-hybridized carbons (Fsp3) is 0.207. The molecule has 0 aliphatic carbocycles. The van der Waals surface area contributed by atoms with Crippen molar-refractivity contribution in [3.05, 3.63) is 84.8 Å². The van der Waals surface area contributed by atoms with Gasteiger partial charge in [0.25, 0.3) is 5.91 Å². The lowest BCUT2D eigenvalue weighted by atomic mass is 10.2. The highest BCUT2D eigenvalue weighted by Gasteiger charge is 2.19. The molecule has 0 saturated carbocycles. The summed E-state index contributed by atoms with van der Waals surface area (Å²) in [4.78, 5) is 22.8. The number of anilines is 2. The molecule has 0 saturated heterocycles. The fourth-order valence-electron chi connectivity index (χ4n) is 4.40. The molecule has 2 aromatic heterocycles. The van der Waals surface area contributed by atoms with E-state index in [1.54, 1.807) is 28.1 Å². The van der Waals surface area contributed by atoms with Crippen molar-refractivity contribution in [2.24, 2.45) is 0 Å². The number of fused-ring (bicyclic) bond motifs is 2. The Morgan fingerprint density at radius 2 is 1.89 bits per heavy atom. The maximum atomic E-state index is 12.4. The summed E-state index contributed by atoms with van der Waals surface area (Å²) in [6.45, 7) is 2.48. The van der Waals surface area contributed by atoms with Gasteiger partial charge in [0, 0.05) is 43.4 Å². The van der Waals surface area contributed by atoms with Crippen molar-refractivity contribution < 1.29 is 14.3 Å². The monoisotopic (exact) mass is 495 g/mol. The number of benzene rings is 3.